The molecule has 0 heterocycles. The Kier molecular flexibility index (Phi) is 976. The summed E-state index contributed by atoms with van der Waals surface area (Å²) in [6.07, 6.45) is 0. The van der Waals surface area contributed by atoms with E-state index in [1.54, 1.807) is 0 Å². The van der Waals surface area contributed by atoms with Gasteiger partial charge in [-0.05, 0) is 0 Å². The molecule has 0 saturated carbocycles. The van der Waals surface area contributed by atoms with Crippen LogP contribution in [0.2, 0.25) is 0 Å². The molecule has 0 saturated heterocycles. The Bertz CT molecular complexity index is 7.51. The molecule has 46 valence electrons. The van der Waals surface area contributed by atoms with Gasteiger partial charge >= 0.3 is 0 Å². The van der Waals surface area contributed by atoms with Crippen LogP contribution in [0.25, 0.3) is 0 Å². The molecule has 0 aromatic carbocycles. The summed E-state index contributed by atoms with van der Waals surface area (Å²) in [7, 11) is 0. The van der Waals surface area contributed by atoms with Crippen molar-refractivity contribution in [3.05, 3.63) is 0 Å². The Morgan fingerprint density at radius 3 is 0.500 bits per heavy atom. The van der Waals surface area contributed by atoms with Crippen molar-refractivity contribution >= 4 is 54.0 Å². The van der Waals surface area contributed by atoms with Crippen molar-refractivity contribution in [1.29, 1.82) is 0 Å². The van der Waals surface area contributed by atoms with Crippen LogP contribution in [0.1, 0.15) is 0 Å². The van der Waals surface area contributed by atoms with Crippen LogP contribution in [0.15, 0.2) is 0 Å². The van der Waals surface area contributed by atoms with Crippen molar-refractivity contribution < 1.29 is 21.1 Å². The smallest absolute Gasteiger partial charge is 0 e. The molecule has 0 spiro atoms. The van der Waals surface area contributed by atoms with Gasteiger partial charge in [0.2, 0.25) is 0 Å². The predicted octanol–water partition coefficient (Wildman–Crippen LogP) is 0.825. The Morgan fingerprint density at radius 2 is 0.500 bits per heavy atom. The van der Waals surface area contributed by atoms with Crippen LogP contribution in [0, 0.1) is 0 Å². The van der Waals surface area contributed by atoms with Crippen molar-refractivity contribution in [2.45, 2.75) is 0 Å². The summed E-state index contributed by atoms with van der Waals surface area (Å²) in [4.78, 5) is 0. The summed E-state index contributed by atoms with van der Waals surface area (Å²) < 4.78 is 0. The quantitative estimate of drug-likeness (QED) is 0.679. The normalized spacial score (nSPS) is 0. The fraction of sp³-hybridized carbons (Fsp3) is 0. The largest absolute Gasteiger partial charge is 0.369 e. The van der Waals surface area contributed by atoms with Gasteiger partial charge in [0, 0.05) is 21.1 Å². The molecular formula is H12NS4W+. The average molecular weight is 338 g/mol. The Morgan fingerprint density at radius 1 is 0.500 bits per heavy atom. The van der Waals surface area contributed by atoms with E-state index in [1.807, 2.05) is 0 Å². The zero-order valence-corrected chi connectivity index (χ0v) is 10.3. The average Bonchev–Trinajstić information content (AvgIpc) is 0. The zero-order valence-electron chi connectivity index (χ0n) is 3.41. The second-order valence-corrected chi connectivity index (χ2v) is 0. The van der Waals surface area contributed by atoms with Crippen LogP contribution in [0.3, 0.4) is 0 Å². The molecule has 0 rings (SSSR count). The first-order valence-corrected chi connectivity index (χ1v) is 0. The van der Waals surface area contributed by atoms with Crippen molar-refractivity contribution in [2.75, 3.05) is 0 Å². The third-order valence-corrected chi connectivity index (χ3v) is 0. The fourth-order valence-electron chi connectivity index (χ4n) is 0. The summed E-state index contributed by atoms with van der Waals surface area (Å²) in [5.41, 5.74) is 0. The number of rotatable bonds is 0. The van der Waals surface area contributed by atoms with Crippen LogP contribution in [0.4, 0.5) is 0 Å². The van der Waals surface area contributed by atoms with E-state index in [4.69, 9.17) is 0 Å². The molecule has 0 aliphatic carbocycles. The molecule has 0 aliphatic rings. The molecule has 0 aromatic rings. The van der Waals surface area contributed by atoms with Gasteiger partial charge in [-0.1, -0.05) is 0 Å². The maximum Gasteiger partial charge on any atom is 0 e. The monoisotopic (exact) mass is 338 g/mol. The molecular weight excluding hydrogens is 326 g/mol. The van der Waals surface area contributed by atoms with E-state index in [1.165, 1.54) is 0 Å². The van der Waals surface area contributed by atoms with Gasteiger partial charge in [0.05, 0.1) is 0 Å². The van der Waals surface area contributed by atoms with E-state index in [0.29, 0.717) is 0 Å². The van der Waals surface area contributed by atoms with Gasteiger partial charge < -0.3 is 6.15 Å². The van der Waals surface area contributed by atoms with Gasteiger partial charge in [-0.25, -0.2) is 0 Å². The van der Waals surface area contributed by atoms with Crippen molar-refractivity contribution in [1.82, 2.24) is 6.15 Å². The second-order valence-electron chi connectivity index (χ2n) is 0. The van der Waals surface area contributed by atoms with Gasteiger partial charge in [0.1, 0.15) is 0 Å². The third-order valence-electron chi connectivity index (χ3n) is 0. The standard InChI is InChI=1S/H3N.4H2S.W/h1H3;4*1H2;/p+1. The topological polar surface area (TPSA) is 36.5 Å². The van der Waals surface area contributed by atoms with Gasteiger partial charge in [0.15, 0.2) is 0 Å². The minimum Gasteiger partial charge on any atom is -0.369 e. The SMILES string of the molecule is S.S.S.S.[NH4+].[W]. The van der Waals surface area contributed by atoms with Crippen LogP contribution < -0.4 is 6.15 Å². The van der Waals surface area contributed by atoms with Gasteiger partial charge in [0.25, 0.3) is 0 Å². The molecule has 0 atom stereocenters. The van der Waals surface area contributed by atoms with E-state index in [-0.39, 0.29) is 81.2 Å². The predicted molar refractivity (Wildman–Crippen MR) is 47.5 cm³/mol. The van der Waals surface area contributed by atoms with E-state index >= 15 is 0 Å². The first-order valence-electron chi connectivity index (χ1n) is 0. The fourth-order valence-corrected chi connectivity index (χ4v) is 0. The Hall–Kier alpha value is 2.05. The molecule has 4 N–H and O–H groups in total. The first kappa shape index (κ1) is 95.3. The summed E-state index contributed by atoms with van der Waals surface area (Å²) in [5.74, 6) is 0. The van der Waals surface area contributed by atoms with E-state index in [9.17, 15) is 0 Å². The van der Waals surface area contributed by atoms with Crippen molar-refractivity contribution in [2.24, 2.45) is 0 Å². The van der Waals surface area contributed by atoms with Crippen molar-refractivity contribution in [3.63, 3.8) is 0 Å². The molecule has 0 radical (unpaired) electrons. The van der Waals surface area contributed by atoms with E-state index in [0.717, 1.165) is 0 Å². The molecule has 6 heavy (non-hydrogen) atoms. The van der Waals surface area contributed by atoms with Crippen LogP contribution >= 0.6 is 54.0 Å². The van der Waals surface area contributed by atoms with Crippen molar-refractivity contribution in [3.8, 4) is 0 Å². The molecule has 0 bridgehead atoms. The van der Waals surface area contributed by atoms with Crippen LogP contribution in [-0.4, -0.2) is 0 Å². The molecule has 6 heteroatoms. The number of hydrogen-bond acceptors (Lipinski definition) is 0. The van der Waals surface area contributed by atoms with Gasteiger partial charge in [-0.15, -0.1) is 0 Å². The second kappa shape index (κ2) is 61.5. The molecule has 0 amide bonds. The minimum atomic E-state index is 0. The molecule has 1 nitrogen and oxygen atoms in total. The summed E-state index contributed by atoms with van der Waals surface area (Å²) >= 11 is 0. The molecule has 0 unspecified atom stereocenters. The molecule has 0 fully saturated rings. The van der Waals surface area contributed by atoms with Gasteiger partial charge in [-0.3, -0.25) is 0 Å². The minimum absolute atomic E-state index is 0. The Balaban J connectivity index is 0. The molecule has 0 aliphatic heterocycles. The van der Waals surface area contributed by atoms with Crippen LogP contribution in [0.5, 0.6) is 0 Å². The summed E-state index contributed by atoms with van der Waals surface area (Å²) in [6, 6.07) is 0. The zero-order chi connectivity index (χ0) is 0. The van der Waals surface area contributed by atoms with Gasteiger partial charge in [-0.2, -0.15) is 54.0 Å². The van der Waals surface area contributed by atoms with Crippen LogP contribution in [-0.2, 0) is 21.1 Å². The third kappa shape index (κ3) is 36.7. The Labute approximate surface area is 80.7 Å². The maximum absolute atomic E-state index is 0. The van der Waals surface area contributed by atoms with E-state index < -0.39 is 0 Å². The van der Waals surface area contributed by atoms with E-state index in [2.05, 4.69) is 0 Å². The summed E-state index contributed by atoms with van der Waals surface area (Å²) in [5, 5.41) is 0. The first-order chi connectivity index (χ1) is 0. The number of quaternary nitrogens is 1. The molecule has 0 aromatic heterocycles. The number of hydrogen-bond donors (Lipinski definition) is 1. The maximum atomic E-state index is 0. The summed E-state index contributed by atoms with van der Waals surface area (Å²) in [6.45, 7) is 0.